The molecule has 8 heteroatoms. The first kappa shape index (κ1) is 22.3. The highest BCUT2D eigenvalue weighted by molar-refractivity contribution is 7.92. The van der Waals surface area contributed by atoms with Crippen LogP contribution in [0.1, 0.15) is 28.8 Å². The first-order valence-corrected chi connectivity index (χ1v) is 12.0. The molecule has 0 aromatic heterocycles. The van der Waals surface area contributed by atoms with Gasteiger partial charge in [-0.3, -0.25) is 9.10 Å². The van der Waals surface area contributed by atoms with Crippen molar-refractivity contribution in [2.45, 2.75) is 30.3 Å². The summed E-state index contributed by atoms with van der Waals surface area (Å²) in [6.07, 6.45) is 1.69. The van der Waals surface area contributed by atoms with Gasteiger partial charge in [0.1, 0.15) is 5.82 Å². The second kappa shape index (κ2) is 8.92. The fourth-order valence-electron chi connectivity index (χ4n) is 3.49. The largest absolute Gasteiger partial charge is 0.331 e. The number of hydrogen-bond donors (Lipinski definition) is 0. The summed E-state index contributed by atoms with van der Waals surface area (Å²) in [7, 11) is -2.48. The smallest absolute Gasteiger partial charge is 0.264 e. The number of carbonyl (C=O) groups excluding carboxylic acids is 1. The van der Waals surface area contributed by atoms with Crippen LogP contribution >= 0.6 is 11.6 Å². The number of nitrogens with zero attached hydrogens (tertiary/aromatic N) is 2. The topological polar surface area (TPSA) is 57.7 Å². The summed E-state index contributed by atoms with van der Waals surface area (Å²) >= 11 is 6.00. The molecular weight excluding hydrogens is 451 g/mol. The van der Waals surface area contributed by atoms with Crippen LogP contribution in [0.15, 0.2) is 77.7 Å². The van der Waals surface area contributed by atoms with Crippen LogP contribution in [-0.2, 0) is 16.6 Å². The van der Waals surface area contributed by atoms with Crippen molar-refractivity contribution in [1.82, 2.24) is 4.90 Å². The van der Waals surface area contributed by atoms with Crippen LogP contribution < -0.4 is 4.31 Å². The number of hydrogen-bond acceptors (Lipinski definition) is 3. The van der Waals surface area contributed by atoms with Crippen LogP contribution in [0.4, 0.5) is 10.1 Å². The first-order chi connectivity index (χ1) is 15.3. The molecule has 1 aliphatic rings. The third-order valence-corrected chi connectivity index (χ3v) is 7.47. The lowest BCUT2D eigenvalue weighted by molar-refractivity contribution is 0.0728. The zero-order valence-electron chi connectivity index (χ0n) is 17.4. The predicted molar refractivity (Wildman–Crippen MR) is 123 cm³/mol. The maximum Gasteiger partial charge on any atom is 0.264 e. The zero-order chi connectivity index (χ0) is 22.9. The Morgan fingerprint density at radius 3 is 2.44 bits per heavy atom. The van der Waals surface area contributed by atoms with E-state index in [2.05, 4.69) is 0 Å². The molecule has 3 aromatic rings. The molecule has 0 saturated heterocycles. The van der Waals surface area contributed by atoms with Crippen molar-refractivity contribution in [2.24, 2.45) is 0 Å². The van der Waals surface area contributed by atoms with Crippen molar-refractivity contribution in [2.75, 3.05) is 11.4 Å². The van der Waals surface area contributed by atoms with Gasteiger partial charge in [-0.25, -0.2) is 12.8 Å². The maximum absolute atomic E-state index is 14.2. The molecule has 1 saturated carbocycles. The van der Waals surface area contributed by atoms with Crippen molar-refractivity contribution in [3.05, 3.63) is 94.8 Å². The molecule has 4 rings (SSSR count). The summed E-state index contributed by atoms with van der Waals surface area (Å²) in [5, 5.41) is 0.418. The SMILES string of the molecule is CN(c1cccc(Cl)c1)S(=O)(=O)c1cccc(C(=O)N(Cc2ccccc2F)C2CC2)c1. The van der Waals surface area contributed by atoms with E-state index in [0.29, 0.717) is 16.3 Å². The Labute approximate surface area is 192 Å². The minimum atomic E-state index is -3.92. The average molecular weight is 473 g/mol. The summed E-state index contributed by atoms with van der Waals surface area (Å²) in [6.45, 7) is 0.134. The second-order valence-electron chi connectivity index (χ2n) is 7.74. The van der Waals surface area contributed by atoms with Crippen LogP contribution in [0, 0.1) is 5.82 Å². The van der Waals surface area contributed by atoms with Crippen LogP contribution in [0.2, 0.25) is 5.02 Å². The number of amides is 1. The highest BCUT2D eigenvalue weighted by Crippen LogP contribution is 2.31. The number of benzene rings is 3. The molecule has 0 unspecified atom stereocenters. The molecule has 0 atom stereocenters. The van der Waals surface area contributed by atoms with E-state index in [-0.39, 0.29) is 34.8 Å². The molecule has 166 valence electrons. The molecule has 32 heavy (non-hydrogen) atoms. The lowest BCUT2D eigenvalue weighted by atomic mass is 10.1. The molecule has 1 aliphatic carbocycles. The number of rotatable bonds is 7. The first-order valence-electron chi connectivity index (χ1n) is 10.2. The summed E-state index contributed by atoms with van der Waals surface area (Å²) in [6, 6.07) is 18.8. The number of sulfonamides is 1. The molecule has 0 spiro atoms. The van der Waals surface area contributed by atoms with E-state index in [0.717, 1.165) is 17.1 Å². The third kappa shape index (κ3) is 4.64. The van der Waals surface area contributed by atoms with Gasteiger partial charge in [0.15, 0.2) is 0 Å². The number of anilines is 1. The van der Waals surface area contributed by atoms with Crippen LogP contribution in [0.3, 0.4) is 0 Å². The van der Waals surface area contributed by atoms with Crippen LogP contribution in [0.25, 0.3) is 0 Å². The lowest BCUT2D eigenvalue weighted by Crippen LogP contribution is -2.33. The van der Waals surface area contributed by atoms with E-state index in [1.54, 1.807) is 59.5 Å². The Morgan fingerprint density at radius 1 is 1.03 bits per heavy atom. The average Bonchev–Trinajstić information content (AvgIpc) is 3.63. The number of halogens is 2. The van der Waals surface area contributed by atoms with Gasteiger partial charge < -0.3 is 4.90 Å². The van der Waals surface area contributed by atoms with Gasteiger partial charge in [0.2, 0.25) is 0 Å². The molecular formula is C24H22ClFN2O3S. The minimum absolute atomic E-state index is 0.00698. The second-order valence-corrected chi connectivity index (χ2v) is 10.1. The fraction of sp³-hybridized carbons (Fsp3) is 0.208. The lowest BCUT2D eigenvalue weighted by Gasteiger charge is -2.24. The molecule has 1 fully saturated rings. The van der Waals surface area contributed by atoms with Gasteiger partial charge in [0.05, 0.1) is 10.6 Å². The van der Waals surface area contributed by atoms with Crippen LogP contribution in [-0.4, -0.2) is 32.3 Å². The Bertz CT molecular complexity index is 1260. The highest BCUT2D eigenvalue weighted by Gasteiger charge is 2.34. The van der Waals surface area contributed by atoms with Gasteiger partial charge >= 0.3 is 0 Å². The van der Waals surface area contributed by atoms with E-state index in [1.165, 1.54) is 25.2 Å². The quantitative estimate of drug-likeness (QED) is 0.480. The standard InChI is InChI=1S/C24H22ClFN2O3S/c1-27(21-9-5-8-19(25)15-21)32(30,31)22-10-4-7-17(14-22)24(29)28(20-12-13-20)16-18-6-2-3-11-23(18)26/h2-11,14-15,20H,12-13,16H2,1H3. The monoisotopic (exact) mass is 472 g/mol. The molecule has 0 N–H and O–H groups in total. The molecule has 5 nitrogen and oxygen atoms in total. The van der Waals surface area contributed by atoms with Gasteiger partial charge in [-0.2, -0.15) is 0 Å². The van der Waals surface area contributed by atoms with Gasteiger partial charge in [0, 0.05) is 35.8 Å². The van der Waals surface area contributed by atoms with E-state index in [4.69, 9.17) is 11.6 Å². The highest BCUT2D eigenvalue weighted by atomic mass is 35.5. The fourth-order valence-corrected chi connectivity index (χ4v) is 4.91. The van der Waals surface area contributed by atoms with Crippen molar-refractivity contribution in [1.29, 1.82) is 0 Å². The Hall–Kier alpha value is -2.90. The van der Waals surface area contributed by atoms with Crippen molar-refractivity contribution in [3.8, 4) is 0 Å². The molecule has 3 aromatic carbocycles. The summed E-state index contributed by atoms with van der Waals surface area (Å²) < 4.78 is 41.6. The van der Waals surface area contributed by atoms with Gasteiger partial charge in [-0.05, 0) is 55.3 Å². The van der Waals surface area contributed by atoms with Gasteiger partial charge in [-0.15, -0.1) is 0 Å². The van der Waals surface area contributed by atoms with Crippen LogP contribution in [0.5, 0.6) is 0 Å². The maximum atomic E-state index is 14.2. The summed E-state index contributed by atoms with van der Waals surface area (Å²) in [4.78, 5) is 14.9. The van der Waals surface area contributed by atoms with Gasteiger partial charge in [-0.1, -0.05) is 41.9 Å². The van der Waals surface area contributed by atoms with E-state index >= 15 is 0 Å². The molecule has 1 amide bonds. The summed E-state index contributed by atoms with van der Waals surface area (Å²) in [5.41, 5.74) is 1.08. The van der Waals surface area contributed by atoms with Gasteiger partial charge in [0.25, 0.3) is 15.9 Å². The Morgan fingerprint density at radius 2 is 1.75 bits per heavy atom. The van der Waals surface area contributed by atoms with Crippen molar-refractivity contribution >= 4 is 33.2 Å². The minimum Gasteiger partial charge on any atom is -0.331 e. The third-order valence-electron chi connectivity index (χ3n) is 5.46. The van der Waals surface area contributed by atoms with Crippen molar-refractivity contribution in [3.63, 3.8) is 0 Å². The molecule has 0 heterocycles. The molecule has 0 bridgehead atoms. The molecule has 0 radical (unpaired) electrons. The van der Waals surface area contributed by atoms with E-state index in [9.17, 15) is 17.6 Å². The number of carbonyl (C=O) groups is 1. The predicted octanol–water partition coefficient (Wildman–Crippen LogP) is 5.11. The summed E-state index contributed by atoms with van der Waals surface area (Å²) in [5.74, 6) is -0.691. The molecule has 0 aliphatic heterocycles. The normalized spacial score (nSPS) is 13.6. The van der Waals surface area contributed by atoms with E-state index < -0.39 is 10.0 Å². The Balaban J connectivity index is 1.62. The Kier molecular flexibility index (Phi) is 6.22. The van der Waals surface area contributed by atoms with E-state index in [1.807, 2.05) is 0 Å². The zero-order valence-corrected chi connectivity index (χ0v) is 19.0. The van der Waals surface area contributed by atoms with Crippen molar-refractivity contribution < 1.29 is 17.6 Å².